The lowest BCUT2D eigenvalue weighted by molar-refractivity contribution is -0.118. The largest absolute Gasteiger partial charge is 0.446 e. The van der Waals surface area contributed by atoms with Gasteiger partial charge in [-0.25, -0.2) is 4.79 Å². The van der Waals surface area contributed by atoms with Gasteiger partial charge in [-0.2, -0.15) is 0 Å². The highest BCUT2D eigenvalue weighted by molar-refractivity contribution is 5.91. The fourth-order valence-corrected chi connectivity index (χ4v) is 7.79. The predicted octanol–water partition coefficient (Wildman–Crippen LogP) is 6.58. The molecule has 0 bridgehead atoms. The van der Waals surface area contributed by atoms with Crippen molar-refractivity contribution in [1.82, 2.24) is 5.32 Å². The summed E-state index contributed by atoms with van der Waals surface area (Å²) in [6, 6.07) is 0. The van der Waals surface area contributed by atoms with Gasteiger partial charge in [0.25, 0.3) is 0 Å². The molecular weight excluding hydrogens is 386 g/mol. The Balaban J connectivity index is 1.35. The van der Waals surface area contributed by atoms with Crippen molar-refractivity contribution in [1.29, 1.82) is 0 Å². The first-order chi connectivity index (χ1) is 14.9. The Labute approximate surface area is 189 Å². The molecular formula is C27H43NO3. The fraction of sp³-hybridized carbons (Fsp3) is 0.852. The topological polar surface area (TPSA) is 55.4 Å². The van der Waals surface area contributed by atoms with E-state index in [1.54, 1.807) is 0 Å². The Kier molecular flexibility index (Phi) is 6.84. The molecule has 0 spiro atoms. The average molecular weight is 430 g/mol. The molecule has 0 aromatic carbocycles. The summed E-state index contributed by atoms with van der Waals surface area (Å²) in [5, 5.41) is 3.00. The van der Waals surface area contributed by atoms with Gasteiger partial charge in [0.2, 0.25) is 0 Å². The van der Waals surface area contributed by atoms with Crippen LogP contribution in [0, 0.1) is 28.6 Å². The van der Waals surface area contributed by atoms with Gasteiger partial charge in [0.05, 0.1) is 0 Å². The molecule has 4 rings (SSSR count). The Morgan fingerprint density at radius 3 is 2.65 bits per heavy atom. The van der Waals surface area contributed by atoms with E-state index in [0.29, 0.717) is 23.5 Å². The standard InChI is InChI=1S/C27H43NO3/c1-4-5-6-7-8-17-28-25(30)31-24-12-11-22-21-10-9-19-18-20(29)13-15-26(19,2)23(21)14-16-27(22,24)3/h18,21-24H,4-17H2,1-3H3,(H,28,30)/t21?,22?,23?,24-,26-,27-/m0/s1. The van der Waals surface area contributed by atoms with Gasteiger partial charge in [-0.1, -0.05) is 52.0 Å². The highest BCUT2D eigenvalue weighted by Gasteiger charge is 2.59. The molecule has 0 aromatic heterocycles. The van der Waals surface area contributed by atoms with Gasteiger partial charge in [0, 0.05) is 18.4 Å². The number of hydrogen-bond acceptors (Lipinski definition) is 3. The van der Waals surface area contributed by atoms with E-state index in [9.17, 15) is 9.59 Å². The van der Waals surface area contributed by atoms with Crippen LogP contribution in [-0.4, -0.2) is 24.5 Å². The van der Waals surface area contributed by atoms with Crippen LogP contribution in [-0.2, 0) is 9.53 Å². The maximum Gasteiger partial charge on any atom is 0.407 e. The highest BCUT2D eigenvalue weighted by Crippen LogP contribution is 2.65. The Bertz CT molecular complexity index is 715. The van der Waals surface area contributed by atoms with Crippen molar-refractivity contribution in [3.8, 4) is 0 Å². The molecule has 0 aliphatic heterocycles. The van der Waals surface area contributed by atoms with Gasteiger partial charge in [0.15, 0.2) is 5.78 Å². The van der Waals surface area contributed by atoms with Crippen LogP contribution in [0.2, 0.25) is 0 Å². The maximum absolute atomic E-state index is 12.5. The number of ketones is 1. The minimum absolute atomic E-state index is 0.0521. The van der Waals surface area contributed by atoms with E-state index in [2.05, 4.69) is 26.1 Å². The molecule has 3 unspecified atom stereocenters. The summed E-state index contributed by atoms with van der Waals surface area (Å²) in [4.78, 5) is 24.5. The first-order valence-corrected chi connectivity index (χ1v) is 13.1. The van der Waals surface area contributed by atoms with Crippen molar-refractivity contribution in [3.05, 3.63) is 11.6 Å². The van der Waals surface area contributed by atoms with E-state index in [4.69, 9.17) is 4.74 Å². The second kappa shape index (κ2) is 9.27. The molecule has 6 atom stereocenters. The summed E-state index contributed by atoms with van der Waals surface area (Å²) >= 11 is 0. The molecule has 4 nitrogen and oxygen atoms in total. The number of allylic oxidation sites excluding steroid dienone is 1. The van der Waals surface area contributed by atoms with E-state index in [1.807, 2.05) is 6.08 Å². The zero-order chi connectivity index (χ0) is 22.1. The van der Waals surface area contributed by atoms with Crippen LogP contribution in [0.4, 0.5) is 4.79 Å². The van der Waals surface area contributed by atoms with Gasteiger partial charge in [0.1, 0.15) is 6.10 Å². The second-order valence-corrected chi connectivity index (χ2v) is 11.3. The van der Waals surface area contributed by atoms with Crippen molar-refractivity contribution in [2.45, 2.75) is 110 Å². The fourth-order valence-electron chi connectivity index (χ4n) is 7.79. The van der Waals surface area contributed by atoms with Crippen LogP contribution >= 0.6 is 0 Å². The number of ether oxygens (including phenoxy) is 1. The first-order valence-electron chi connectivity index (χ1n) is 13.1. The minimum atomic E-state index is -0.212. The average Bonchev–Trinajstić information content (AvgIpc) is 3.07. The van der Waals surface area contributed by atoms with E-state index >= 15 is 0 Å². The molecule has 174 valence electrons. The van der Waals surface area contributed by atoms with Crippen LogP contribution in [0.15, 0.2) is 11.6 Å². The quantitative estimate of drug-likeness (QED) is 0.465. The molecule has 0 radical (unpaired) electrons. The van der Waals surface area contributed by atoms with Crippen molar-refractivity contribution >= 4 is 11.9 Å². The van der Waals surface area contributed by atoms with Crippen molar-refractivity contribution < 1.29 is 14.3 Å². The number of carbonyl (C=O) groups is 2. The van der Waals surface area contributed by atoms with E-state index in [0.717, 1.165) is 45.1 Å². The van der Waals surface area contributed by atoms with Crippen LogP contribution in [0.3, 0.4) is 0 Å². The number of fused-ring (bicyclic) bond motifs is 5. The number of alkyl carbamates (subject to hydrolysis) is 1. The molecule has 4 heteroatoms. The number of rotatable bonds is 7. The van der Waals surface area contributed by atoms with E-state index in [-0.39, 0.29) is 23.0 Å². The number of nitrogens with one attached hydrogen (secondary N) is 1. The molecule has 4 aliphatic carbocycles. The van der Waals surface area contributed by atoms with Crippen LogP contribution < -0.4 is 5.32 Å². The molecule has 0 aromatic rings. The van der Waals surface area contributed by atoms with Crippen LogP contribution in [0.5, 0.6) is 0 Å². The monoisotopic (exact) mass is 429 g/mol. The second-order valence-electron chi connectivity index (χ2n) is 11.3. The zero-order valence-electron chi connectivity index (χ0n) is 20.0. The molecule has 1 amide bonds. The molecule has 3 fully saturated rings. The van der Waals surface area contributed by atoms with E-state index in [1.165, 1.54) is 50.5 Å². The third kappa shape index (κ3) is 4.33. The molecule has 0 saturated heterocycles. The van der Waals surface area contributed by atoms with Gasteiger partial charge in [-0.15, -0.1) is 0 Å². The van der Waals surface area contributed by atoms with Crippen molar-refractivity contribution in [3.63, 3.8) is 0 Å². The first kappa shape index (κ1) is 22.9. The summed E-state index contributed by atoms with van der Waals surface area (Å²) in [6.07, 6.45) is 16.4. The van der Waals surface area contributed by atoms with Crippen molar-refractivity contribution in [2.75, 3.05) is 6.54 Å². The lowest BCUT2D eigenvalue weighted by atomic mass is 9.47. The normalized spacial score (nSPS) is 39.2. The van der Waals surface area contributed by atoms with Crippen LogP contribution in [0.1, 0.15) is 104 Å². The third-order valence-corrected chi connectivity index (χ3v) is 9.67. The molecule has 4 aliphatic rings. The molecule has 0 heterocycles. The Hall–Kier alpha value is -1.32. The lowest BCUT2D eigenvalue weighted by Gasteiger charge is -2.57. The Morgan fingerprint density at radius 1 is 1.03 bits per heavy atom. The van der Waals surface area contributed by atoms with Gasteiger partial charge >= 0.3 is 6.09 Å². The summed E-state index contributed by atoms with van der Waals surface area (Å²) < 4.78 is 6.03. The Morgan fingerprint density at radius 2 is 1.84 bits per heavy atom. The number of amides is 1. The molecule has 1 N–H and O–H groups in total. The van der Waals surface area contributed by atoms with Gasteiger partial charge in [-0.3, -0.25) is 4.79 Å². The minimum Gasteiger partial charge on any atom is -0.446 e. The predicted molar refractivity (Wildman–Crippen MR) is 124 cm³/mol. The van der Waals surface area contributed by atoms with Gasteiger partial charge < -0.3 is 10.1 Å². The van der Waals surface area contributed by atoms with E-state index < -0.39 is 0 Å². The number of unbranched alkanes of at least 4 members (excludes halogenated alkanes) is 4. The summed E-state index contributed by atoms with van der Waals surface area (Å²) in [5.41, 5.74) is 1.76. The van der Waals surface area contributed by atoms with Crippen molar-refractivity contribution in [2.24, 2.45) is 28.6 Å². The third-order valence-electron chi connectivity index (χ3n) is 9.67. The lowest BCUT2D eigenvalue weighted by Crippen LogP contribution is -2.52. The molecule has 31 heavy (non-hydrogen) atoms. The summed E-state index contributed by atoms with van der Waals surface area (Å²) in [6.45, 7) is 7.77. The van der Waals surface area contributed by atoms with Crippen LogP contribution in [0.25, 0.3) is 0 Å². The highest BCUT2D eigenvalue weighted by atomic mass is 16.6. The number of hydrogen-bond donors (Lipinski definition) is 1. The SMILES string of the molecule is CCCCCCCNC(=O)O[C@H]1CCC2C3CCC4=CC(=O)CC[C@]4(C)C3CC[C@@]21C. The summed E-state index contributed by atoms with van der Waals surface area (Å²) in [5.74, 6) is 2.38. The molecule has 3 saturated carbocycles. The maximum atomic E-state index is 12.5. The summed E-state index contributed by atoms with van der Waals surface area (Å²) in [7, 11) is 0. The number of carbonyl (C=O) groups excluding carboxylic acids is 2. The van der Waals surface area contributed by atoms with Gasteiger partial charge in [-0.05, 0) is 80.6 Å². The zero-order valence-corrected chi connectivity index (χ0v) is 20.0. The smallest absolute Gasteiger partial charge is 0.407 e.